The molecule has 31 heavy (non-hydrogen) atoms. The van der Waals surface area contributed by atoms with Crippen LogP contribution in [0.15, 0.2) is 42.5 Å². The van der Waals surface area contributed by atoms with E-state index in [-0.39, 0.29) is 23.5 Å². The maximum atomic E-state index is 12.8. The maximum Gasteiger partial charge on any atom is 0.229 e. The Hall–Kier alpha value is -3.00. The summed E-state index contributed by atoms with van der Waals surface area (Å²) in [4.78, 5) is 12.8. The number of nitriles is 1. The van der Waals surface area contributed by atoms with E-state index in [0.29, 0.717) is 12.0 Å². The zero-order chi connectivity index (χ0) is 22.5. The summed E-state index contributed by atoms with van der Waals surface area (Å²) in [6.45, 7) is -0.624. The van der Waals surface area contributed by atoms with E-state index < -0.39 is 43.1 Å². The molecule has 2 aromatic rings. The topological polar surface area (TPSA) is 160 Å². The van der Waals surface area contributed by atoms with E-state index in [2.05, 4.69) is 0 Å². The lowest BCUT2D eigenvalue weighted by Crippen LogP contribution is -2.60. The smallest absolute Gasteiger partial charge is 0.229 e. The number of phenols is 1. The number of aliphatic hydroxyl groups excluding tert-OH is 4. The molecule has 0 radical (unpaired) electrons. The Kier molecular flexibility index (Phi) is 7.22. The number of ether oxygens (including phenoxy) is 2. The van der Waals surface area contributed by atoms with Crippen LogP contribution >= 0.6 is 0 Å². The van der Waals surface area contributed by atoms with Crippen LogP contribution in [-0.4, -0.2) is 68.6 Å². The number of aromatic hydroxyl groups is 1. The fraction of sp³-hybridized carbons (Fsp3) is 0.364. The first-order chi connectivity index (χ1) is 14.8. The first-order valence-corrected chi connectivity index (χ1v) is 9.67. The van der Waals surface area contributed by atoms with Gasteiger partial charge in [0.25, 0.3) is 0 Å². The van der Waals surface area contributed by atoms with Crippen molar-refractivity contribution in [3.8, 4) is 17.6 Å². The van der Waals surface area contributed by atoms with E-state index in [4.69, 9.17) is 14.7 Å². The number of Topliss-reactive ketones (excluding diaryl/α,β-unsaturated/α-hetero) is 1. The molecule has 1 fully saturated rings. The minimum atomic E-state index is -1.65. The van der Waals surface area contributed by atoms with Crippen molar-refractivity contribution < 1.29 is 39.8 Å². The molecule has 1 heterocycles. The second kappa shape index (κ2) is 9.87. The van der Waals surface area contributed by atoms with E-state index in [1.807, 2.05) is 6.07 Å². The summed E-state index contributed by atoms with van der Waals surface area (Å²) in [5, 5.41) is 58.4. The number of nitrogens with zero attached hydrogens (tertiary/aromatic N) is 1. The maximum absolute atomic E-state index is 12.8. The van der Waals surface area contributed by atoms with Crippen LogP contribution in [0.1, 0.15) is 27.9 Å². The van der Waals surface area contributed by atoms with Gasteiger partial charge in [-0.1, -0.05) is 18.2 Å². The molecule has 9 nitrogen and oxygen atoms in total. The normalized spacial score (nSPS) is 25.6. The van der Waals surface area contributed by atoms with Gasteiger partial charge in [-0.3, -0.25) is 4.79 Å². The van der Waals surface area contributed by atoms with Gasteiger partial charge in [0.05, 0.1) is 18.2 Å². The third-order valence-corrected chi connectivity index (χ3v) is 5.10. The van der Waals surface area contributed by atoms with E-state index >= 15 is 0 Å². The lowest BCUT2D eigenvalue weighted by molar-refractivity contribution is -0.277. The van der Waals surface area contributed by atoms with Crippen LogP contribution in [0, 0.1) is 11.3 Å². The highest BCUT2D eigenvalue weighted by molar-refractivity contribution is 6.01. The van der Waals surface area contributed by atoms with Crippen molar-refractivity contribution in [3.05, 3.63) is 59.2 Å². The van der Waals surface area contributed by atoms with Gasteiger partial charge in [-0.2, -0.15) is 5.26 Å². The summed E-state index contributed by atoms with van der Waals surface area (Å²) in [7, 11) is 0. The molecule has 3 rings (SSSR count). The zero-order valence-corrected chi connectivity index (χ0v) is 16.5. The molecule has 0 saturated carbocycles. The van der Waals surface area contributed by atoms with Gasteiger partial charge < -0.3 is 35.0 Å². The second-order valence-corrected chi connectivity index (χ2v) is 7.20. The van der Waals surface area contributed by atoms with Crippen LogP contribution in [0.3, 0.4) is 0 Å². The molecule has 0 aromatic heterocycles. The number of rotatable bonds is 7. The molecule has 0 amide bonds. The van der Waals surface area contributed by atoms with Crippen LogP contribution in [0.2, 0.25) is 0 Å². The lowest BCUT2D eigenvalue weighted by Gasteiger charge is -2.39. The number of hydrogen-bond acceptors (Lipinski definition) is 9. The van der Waals surface area contributed by atoms with Crippen LogP contribution in [0.5, 0.6) is 11.5 Å². The molecule has 0 spiro atoms. The summed E-state index contributed by atoms with van der Waals surface area (Å²) in [5.41, 5.74) is 1.22. The number of hydrogen-bond donors (Lipinski definition) is 5. The first kappa shape index (κ1) is 22.7. The average Bonchev–Trinajstić information content (AvgIpc) is 2.78. The van der Waals surface area contributed by atoms with Crippen LogP contribution < -0.4 is 4.74 Å². The standard InChI is InChI=1S/C22H23NO8/c23-10-13-6-4-12(5-7-13)8-9-15(26)18-14(25)2-1-3-16(18)30-22-21(29)20(28)19(27)17(11-24)31-22/h1-7,17,19-22,24-25,27-29H,8-9,11H2/t17-,19-,20+,21-,22-/m1/s1. The Balaban J connectivity index is 1.76. The molecular formula is C22H23NO8. The highest BCUT2D eigenvalue weighted by Crippen LogP contribution is 2.32. The first-order valence-electron chi connectivity index (χ1n) is 9.67. The molecule has 1 saturated heterocycles. The molecule has 0 bridgehead atoms. The molecule has 5 atom stereocenters. The number of carbonyl (C=O) groups excluding carboxylic acids is 1. The van der Waals surface area contributed by atoms with Gasteiger partial charge in [-0.25, -0.2) is 0 Å². The zero-order valence-electron chi connectivity index (χ0n) is 16.5. The number of benzene rings is 2. The second-order valence-electron chi connectivity index (χ2n) is 7.20. The Bertz CT molecular complexity index is 953. The van der Waals surface area contributed by atoms with Crippen molar-refractivity contribution in [1.82, 2.24) is 0 Å². The number of aliphatic hydroxyl groups is 4. The van der Waals surface area contributed by atoms with E-state index in [0.717, 1.165) is 5.56 Å². The van der Waals surface area contributed by atoms with Gasteiger partial charge in [0, 0.05) is 6.42 Å². The highest BCUT2D eigenvalue weighted by atomic mass is 16.7. The molecule has 5 N–H and O–H groups in total. The predicted octanol–water partition coefficient (Wildman–Crippen LogP) is 0.258. The van der Waals surface area contributed by atoms with Gasteiger partial charge in [0.1, 0.15) is 41.5 Å². The van der Waals surface area contributed by atoms with Gasteiger partial charge in [-0.05, 0) is 36.2 Å². The quantitative estimate of drug-likeness (QED) is 0.389. The SMILES string of the molecule is N#Cc1ccc(CCC(=O)c2c(O)cccc2O[C@@H]2O[C@H](CO)[C@@H](O)[C@H](O)[C@H]2O)cc1. The fourth-order valence-corrected chi connectivity index (χ4v) is 3.32. The Morgan fingerprint density at radius 2 is 1.77 bits per heavy atom. The molecule has 9 heteroatoms. The summed E-state index contributed by atoms with van der Waals surface area (Å²) < 4.78 is 10.9. The van der Waals surface area contributed by atoms with Gasteiger partial charge in [0.15, 0.2) is 5.78 Å². The molecular weight excluding hydrogens is 406 g/mol. The lowest BCUT2D eigenvalue weighted by atomic mass is 9.99. The van der Waals surface area contributed by atoms with Crippen molar-refractivity contribution in [3.63, 3.8) is 0 Å². The molecule has 164 valence electrons. The molecule has 0 aliphatic carbocycles. The summed E-state index contributed by atoms with van der Waals surface area (Å²) >= 11 is 0. The Morgan fingerprint density at radius 1 is 1.06 bits per heavy atom. The van der Waals surface area contributed by atoms with Crippen molar-refractivity contribution >= 4 is 5.78 Å². The van der Waals surface area contributed by atoms with Gasteiger partial charge >= 0.3 is 0 Å². The van der Waals surface area contributed by atoms with Crippen molar-refractivity contribution in [1.29, 1.82) is 5.26 Å². The van der Waals surface area contributed by atoms with Crippen LogP contribution in [-0.2, 0) is 11.2 Å². The van der Waals surface area contributed by atoms with Crippen LogP contribution in [0.25, 0.3) is 0 Å². The number of carbonyl (C=O) groups is 1. The molecule has 2 aromatic carbocycles. The summed E-state index contributed by atoms with van der Waals surface area (Å²) in [6.07, 6.45) is -7.09. The Labute approximate surface area is 178 Å². The number of phenolic OH excluding ortho intramolecular Hbond substituents is 1. The van der Waals surface area contributed by atoms with Crippen molar-refractivity contribution in [2.24, 2.45) is 0 Å². The third kappa shape index (κ3) is 5.02. The minimum absolute atomic E-state index is 0.0362. The van der Waals surface area contributed by atoms with E-state index in [1.165, 1.54) is 18.2 Å². The van der Waals surface area contributed by atoms with Crippen LogP contribution in [0.4, 0.5) is 0 Å². The average molecular weight is 429 g/mol. The largest absolute Gasteiger partial charge is 0.507 e. The number of aryl methyl sites for hydroxylation is 1. The number of ketones is 1. The Morgan fingerprint density at radius 3 is 2.42 bits per heavy atom. The van der Waals surface area contributed by atoms with E-state index in [9.17, 15) is 30.3 Å². The van der Waals surface area contributed by atoms with Gasteiger partial charge in [-0.15, -0.1) is 0 Å². The predicted molar refractivity (Wildman–Crippen MR) is 106 cm³/mol. The third-order valence-electron chi connectivity index (χ3n) is 5.10. The summed E-state index contributed by atoms with van der Waals surface area (Å²) in [6, 6.07) is 12.9. The summed E-state index contributed by atoms with van der Waals surface area (Å²) in [5.74, 6) is -0.830. The van der Waals surface area contributed by atoms with Gasteiger partial charge in [0.2, 0.25) is 6.29 Å². The van der Waals surface area contributed by atoms with E-state index in [1.54, 1.807) is 24.3 Å². The molecule has 0 unspecified atom stereocenters. The molecule has 1 aliphatic rings. The fourth-order valence-electron chi connectivity index (χ4n) is 3.32. The van der Waals surface area contributed by atoms with Crippen molar-refractivity contribution in [2.45, 2.75) is 43.5 Å². The monoisotopic (exact) mass is 429 g/mol. The molecule has 1 aliphatic heterocycles. The minimum Gasteiger partial charge on any atom is -0.507 e. The highest BCUT2D eigenvalue weighted by Gasteiger charge is 2.45. The van der Waals surface area contributed by atoms with Crippen molar-refractivity contribution in [2.75, 3.05) is 6.61 Å².